The van der Waals surface area contributed by atoms with Gasteiger partial charge in [0.05, 0.1) is 5.56 Å². The van der Waals surface area contributed by atoms with Crippen molar-refractivity contribution in [1.29, 1.82) is 0 Å². The molecule has 3 nitrogen and oxygen atoms in total. The van der Waals surface area contributed by atoms with Crippen molar-refractivity contribution in [2.24, 2.45) is 7.05 Å². The molecule has 17 heavy (non-hydrogen) atoms. The molecule has 2 rings (SSSR count). The molecule has 1 aromatic heterocycles. The van der Waals surface area contributed by atoms with E-state index in [1.165, 1.54) is 0 Å². The molecule has 94 valence electrons. The quantitative estimate of drug-likeness (QED) is 0.813. The Bertz CT molecular complexity index is 472. The Morgan fingerprint density at radius 3 is 2.18 bits per heavy atom. The number of hydrogen-bond acceptors (Lipinski definition) is 1. The SMILES string of the molecule is CC.CC.Cn1cc(C(=O)O)c2ccccc21. The molecule has 2 aromatic rings. The molecule has 0 bridgehead atoms. The van der Waals surface area contributed by atoms with Gasteiger partial charge in [-0.3, -0.25) is 0 Å². The van der Waals surface area contributed by atoms with E-state index < -0.39 is 5.97 Å². The molecule has 0 aliphatic rings. The molecule has 1 N–H and O–H groups in total. The van der Waals surface area contributed by atoms with E-state index in [4.69, 9.17) is 5.11 Å². The van der Waals surface area contributed by atoms with Crippen molar-refractivity contribution >= 4 is 16.9 Å². The Labute approximate surface area is 103 Å². The highest BCUT2D eigenvalue weighted by molar-refractivity contribution is 6.03. The lowest BCUT2D eigenvalue weighted by Gasteiger charge is -1.92. The van der Waals surface area contributed by atoms with E-state index in [0.717, 1.165) is 10.9 Å². The lowest BCUT2D eigenvalue weighted by atomic mass is 10.2. The number of carboxylic acids is 1. The maximum Gasteiger partial charge on any atom is 0.337 e. The average molecular weight is 235 g/mol. The van der Waals surface area contributed by atoms with Gasteiger partial charge in [0.25, 0.3) is 0 Å². The first kappa shape index (κ1) is 15.2. The number of aromatic nitrogens is 1. The van der Waals surface area contributed by atoms with Crippen molar-refractivity contribution in [1.82, 2.24) is 4.57 Å². The largest absolute Gasteiger partial charge is 0.478 e. The van der Waals surface area contributed by atoms with Gasteiger partial charge in [-0.05, 0) is 6.07 Å². The van der Waals surface area contributed by atoms with Crippen molar-refractivity contribution < 1.29 is 9.90 Å². The normalized spacial score (nSPS) is 8.76. The van der Waals surface area contributed by atoms with Gasteiger partial charge in [-0.2, -0.15) is 0 Å². The van der Waals surface area contributed by atoms with E-state index in [-0.39, 0.29) is 0 Å². The molecule has 0 fully saturated rings. The number of nitrogens with zero attached hydrogens (tertiary/aromatic N) is 1. The maximum absolute atomic E-state index is 10.8. The van der Waals surface area contributed by atoms with Gasteiger partial charge in [-0.1, -0.05) is 45.9 Å². The summed E-state index contributed by atoms with van der Waals surface area (Å²) < 4.78 is 1.82. The summed E-state index contributed by atoms with van der Waals surface area (Å²) in [5.41, 5.74) is 1.30. The Kier molecular flexibility index (Phi) is 6.71. The summed E-state index contributed by atoms with van der Waals surface area (Å²) in [4.78, 5) is 10.8. The van der Waals surface area contributed by atoms with Crippen molar-refractivity contribution in [3.8, 4) is 0 Å². The van der Waals surface area contributed by atoms with Gasteiger partial charge < -0.3 is 9.67 Å². The zero-order chi connectivity index (χ0) is 13.4. The summed E-state index contributed by atoms with van der Waals surface area (Å²) >= 11 is 0. The molecule has 3 heteroatoms. The number of benzene rings is 1. The standard InChI is InChI=1S/C10H9NO2.2C2H6/c1-11-6-8(10(12)13)7-4-2-3-5-9(7)11;2*1-2/h2-6H,1H3,(H,12,13);2*1-2H3. The van der Waals surface area contributed by atoms with Crippen LogP contribution in [0.4, 0.5) is 0 Å². The van der Waals surface area contributed by atoms with E-state index in [1.54, 1.807) is 6.20 Å². The van der Waals surface area contributed by atoms with Crippen molar-refractivity contribution in [2.45, 2.75) is 27.7 Å². The maximum atomic E-state index is 10.8. The van der Waals surface area contributed by atoms with Crippen LogP contribution in [0.2, 0.25) is 0 Å². The van der Waals surface area contributed by atoms with Crippen LogP contribution in [0, 0.1) is 0 Å². The molecule has 1 aromatic carbocycles. The molecule has 0 aliphatic heterocycles. The number of carboxylic acid groups (broad SMARTS) is 1. The number of para-hydroxylation sites is 1. The van der Waals surface area contributed by atoms with Gasteiger partial charge >= 0.3 is 5.97 Å². The Balaban J connectivity index is 0.000000581. The van der Waals surface area contributed by atoms with Crippen LogP contribution >= 0.6 is 0 Å². The molecule has 0 spiro atoms. The van der Waals surface area contributed by atoms with E-state index in [9.17, 15) is 4.79 Å². The summed E-state index contributed by atoms with van der Waals surface area (Å²) in [6.45, 7) is 8.00. The van der Waals surface area contributed by atoms with Crippen LogP contribution in [-0.4, -0.2) is 15.6 Å². The molecule has 0 aliphatic carbocycles. The van der Waals surface area contributed by atoms with Crippen LogP contribution in [0.5, 0.6) is 0 Å². The molecule has 0 radical (unpaired) electrons. The van der Waals surface area contributed by atoms with Gasteiger partial charge in [0.15, 0.2) is 0 Å². The zero-order valence-corrected chi connectivity index (χ0v) is 11.2. The summed E-state index contributed by atoms with van der Waals surface area (Å²) in [7, 11) is 1.84. The van der Waals surface area contributed by atoms with Crippen LogP contribution in [0.3, 0.4) is 0 Å². The predicted molar refractivity (Wildman–Crippen MR) is 72.6 cm³/mol. The topological polar surface area (TPSA) is 42.2 Å². The van der Waals surface area contributed by atoms with Gasteiger partial charge in [-0.15, -0.1) is 0 Å². The summed E-state index contributed by atoms with van der Waals surface area (Å²) in [5, 5.41) is 9.67. The van der Waals surface area contributed by atoms with E-state index in [1.807, 2.05) is 63.6 Å². The van der Waals surface area contributed by atoms with Crippen LogP contribution in [0.15, 0.2) is 30.5 Å². The Hall–Kier alpha value is -1.77. The fourth-order valence-electron chi connectivity index (χ4n) is 1.51. The molecule has 0 saturated carbocycles. The number of aromatic carboxylic acids is 1. The second-order valence-electron chi connectivity index (χ2n) is 2.98. The van der Waals surface area contributed by atoms with E-state index in [0.29, 0.717) is 5.56 Å². The average Bonchev–Trinajstić information content (AvgIpc) is 2.73. The van der Waals surface area contributed by atoms with Gasteiger partial charge in [-0.25, -0.2) is 4.79 Å². The van der Waals surface area contributed by atoms with Crippen molar-refractivity contribution in [3.63, 3.8) is 0 Å². The first-order valence-corrected chi connectivity index (χ1v) is 5.97. The zero-order valence-electron chi connectivity index (χ0n) is 11.2. The minimum absolute atomic E-state index is 0.359. The molecule has 0 amide bonds. The first-order chi connectivity index (χ1) is 8.20. The van der Waals surface area contributed by atoms with Crippen LogP contribution in [0.25, 0.3) is 10.9 Å². The molecule has 1 heterocycles. The lowest BCUT2D eigenvalue weighted by molar-refractivity contribution is 0.0699. The third kappa shape index (κ3) is 3.34. The van der Waals surface area contributed by atoms with Gasteiger partial charge in [0.2, 0.25) is 0 Å². The molecular weight excluding hydrogens is 214 g/mol. The Morgan fingerprint density at radius 1 is 1.12 bits per heavy atom. The predicted octanol–water partition coefficient (Wildman–Crippen LogP) is 3.93. The van der Waals surface area contributed by atoms with Gasteiger partial charge in [0.1, 0.15) is 0 Å². The van der Waals surface area contributed by atoms with Crippen LogP contribution < -0.4 is 0 Å². The van der Waals surface area contributed by atoms with Crippen LogP contribution in [-0.2, 0) is 7.05 Å². The van der Waals surface area contributed by atoms with Crippen molar-refractivity contribution in [2.75, 3.05) is 0 Å². The third-order valence-electron chi connectivity index (χ3n) is 2.13. The van der Waals surface area contributed by atoms with E-state index >= 15 is 0 Å². The van der Waals surface area contributed by atoms with E-state index in [2.05, 4.69) is 0 Å². The molecule has 0 saturated heterocycles. The number of rotatable bonds is 1. The lowest BCUT2D eigenvalue weighted by Crippen LogP contribution is -1.93. The van der Waals surface area contributed by atoms with Crippen molar-refractivity contribution in [3.05, 3.63) is 36.0 Å². The number of carbonyl (C=O) groups is 1. The molecule has 0 unspecified atom stereocenters. The number of fused-ring (bicyclic) bond motifs is 1. The first-order valence-electron chi connectivity index (χ1n) is 5.97. The minimum Gasteiger partial charge on any atom is -0.478 e. The summed E-state index contributed by atoms with van der Waals surface area (Å²) in [6, 6.07) is 7.46. The highest BCUT2D eigenvalue weighted by atomic mass is 16.4. The second-order valence-corrected chi connectivity index (χ2v) is 2.98. The second kappa shape index (κ2) is 7.49. The Morgan fingerprint density at radius 2 is 1.65 bits per heavy atom. The van der Waals surface area contributed by atoms with Gasteiger partial charge in [0, 0.05) is 24.1 Å². The highest BCUT2D eigenvalue weighted by Gasteiger charge is 2.10. The van der Waals surface area contributed by atoms with Crippen LogP contribution in [0.1, 0.15) is 38.1 Å². The molecular formula is C14H21NO2. The highest BCUT2D eigenvalue weighted by Crippen LogP contribution is 2.19. The smallest absolute Gasteiger partial charge is 0.337 e. The molecule has 0 atom stereocenters. The fourth-order valence-corrected chi connectivity index (χ4v) is 1.51. The number of hydrogen-bond donors (Lipinski definition) is 1. The number of aryl methyl sites for hydroxylation is 1. The summed E-state index contributed by atoms with van der Waals surface area (Å²) in [6.07, 6.45) is 1.63. The monoisotopic (exact) mass is 235 g/mol. The third-order valence-corrected chi connectivity index (χ3v) is 2.13. The fraction of sp³-hybridized carbons (Fsp3) is 0.357. The summed E-state index contributed by atoms with van der Waals surface area (Å²) in [5.74, 6) is -0.878. The minimum atomic E-state index is -0.878.